The van der Waals surface area contributed by atoms with Crippen LogP contribution in [0.2, 0.25) is 0 Å². The van der Waals surface area contributed by atoms with Gasteiger partial charge in [0.15, 0.2) is 9.84 Å². The second kappa shape index (κ2) is 5.16. The monoisotopic (exact) mass is 256 g/mol. The maximum atomic E-state index is 11.6. The Morgan fingerprint density at radius 3 is 2.24 bits per heavy atom. The third-order valence-corrected chi connectivity index (χ3v) is 4.84. The lowest BCUT2D eigenvalue weighted by atomic mass is 10.00. The van der Waals surface area contributed by atoms with Crippen molar-refractivity contribution in [2.75, 3.05) is 6.26 Å². The van der Waals surface area contributed by atoms with E-state index >= 15 is 0 Å². The Labute approximate surface area is 103 Å². The molecule has 0 aliphatic heterocycles. The second-order valence-electron chi connectivity index (χ2n) is 4.52. The van der Waals surface area contributed by atoms with Crippen LogP contribution in [0.25, 0.3) is 0 Å². The van der Waals surface area contributed by atoms with Crippen LogP contribution in [0.1, 0.15) is 29.7 Å². The molecule has 1 rings (SSSR count). The van der Waals surface area contributed by atoms with Gasteiger partial charge in [-0.25, -0.2) is 8.42 Å². The molecule has 5 heteroatoms. The van der Waals surface area contributed by atoms with Gasteiger partial charge >= 0.3 is 0 Å². The number of aryl methyl sites for hydroxylation is 2. The molecule has 0 radical (unpaired) electrons. The highest BCUT2D eigenvalue weighted by molar-refractivity contribution is 7.91. The van der Waals surface area contributed by atoms with E-state index in [4.69, 9.17) is 5.84 Å². The summed E-state index contributed by atoms with van der Waals surface area (Å²) in [6, 6.07) is 5.48. The standard InChI is InChI=1S/C12H20N2O2S/c1-8-5-6-11(7-9(8)2)12(14-13)10(3)17(4,15)16/h5-7,10,12,14H,13H2,1-4H3. The number of hydrogen-bond donors (Lipinski definition) is 2. The highest BCUT2D eigenvalue weighted by Crippen LogP contribution is 2.23. The van der Waals surface area contributed by atoms with Crippen molar-refractivity contribution in [1.29, 1.82) is 0 Å². The SMILES string of the molecule is Cc1ccc(C(NN)C(C)S(C)(=O)=O)cc1C. The summed E-state index contributed by atoms with van der Waals surface area (Å²) < 4.78 is 23.1. The number of rotatable bonds is 4. The fourth-order valence-electron chi connectivity index (χ4n) is 1.71. The molecular formula is C12H20N2O2S. The highest BCUT2D eigenvalue weighted by atomic mass is 32.2. The van der Waals surface area contributed by atoms with E-state index in [0.29, 0.717) is 0 Å². The van der Waals surface area contributed by atoms with Crippen LogP contribution in [-0.4, -0.2) is 19.9 Å². The number of sulfone groups is 1. The van der Waals surface area contributed by atoms with E-state index in [0.717, 1.165) is 11.1 Å². The summed E-state index contributed by atoms with van der Waals surface area (Å²) in [7, 11) is -3.13. The lowest BCUT2D eigenvalue weighted by molar-refractivity contribution is 0.513. The molecule has 4 nitrogen and oxygen atoms in total. The van der Waals surface area contributed by atoms with E-state index in [1.807, 2.05) is 32.0 Å². The predicted octanol–water partition coefficient (Wildman–Crippen LogP) is 1.24. The first kappa shape index (κ1) is 14.2. The fraction of sp³-hybridized carbons (Fsp3) is 0.500. The average Bonchev–Trinajstić information content (AvgIpc) is 2.23. The van der Waals surface area contributed by atoms with Gasteiger partial charge in [-0.15, -0.1) is 0 Å². The summed E-state index contributed by atoms with van der Waals surface area (Å²) in [6.45, 7) is 5.68. The normalized spacial score (nSPS) is 15.6. The smallest absolute Gasteiger partial charge is 0.151 e. The number of benzene rings is 1. The van der Waals surface area contributed by atoms with Crippen molar-refractivity contribution >= 4 is 9.84 Å². The number of hydrazine groups is 1. The summed E-state index contributed by atoms with van der Waals surface area (Å²) >= 11 is 0. The Bertz CT molecular complexity index is 497. The molecule has 1 aromatic rings. The zero-order valence-electron chi connectivity index (χ0n) is 10.7. The second-order valence-corrected chi connectivity index (χ2v) is 6.93. The molecular weight excluding hydrogens is 236 g/mol. The third-order valence-electron chi connectivity index (χ3n) is 3.21. The highest BCUT2D eigenvalue weighted by Gasteiger charge is 2.26. The van der Waals surface area contributed by atoms with Crippen molar-refractivity contribution in [3.8, 4) is 0 Å². The van der Waals surface area contributed by atoms with Crippen LogP contribution in [0.5, 0.6) is 0 Å². The van der Waals surface area contributed by atoms with Gasteiger partial charge < -0.3 is 0 Å². The molecule has 0 spiro atoms. The van der Waals surface area contributed by atoms with E-state index in [1.54, 1.807) is 6.92 Å². The quantitative estimate of drug-likeness (QED) is 0.628. The summed E-state index contributed by atoms with van der Waals surface area (Å²) in [4.78, 5) is 0. The van der Waals surface area contributed by atoms with Crippen LogP contribution < -0.4 is 11.3 Å². The van der Waals surface area contributed by atoms with Gasteiger partial charge in [-0.3, -0.25) is 11.3 Å². The maximum absolute atomic E-state index is 11.6. The molecule has 0 bridgehead atoms. The Morgan fingerprint density at radius 1 is 1.24 bits per heavy atom. The van der Waals surface area contributed by atoms with Crippen LogP contribution >= 0.6 is 0 Å². The zero-order chi connectivity index (χ0) is 13.2. The minimum atomic E-state index is -3.13. The molecule has 0 aliphatic rings. The van der Waals surface area contributed by atoms with Crippen LogP contribution in [-0.2, 0) is 9.84 Å². The van der Waals surface area contributed by atoms with Crippen LogP contribution in [0, 0.1) is 13.8 Å². The molecule has 96 valence electrons. The first-order valence-corrected chi connectivity index (χ1v) is 7.45. The zero-order valence-corrected chi connectivity index (χ0v) is 11.5. The number of nitrogens with one attached hydrogen (secondary N) is 1. The first-order valence-electron chi connectivity index (χ1n) is 5.49. The average molecular weight is 256 g/mol. The summed E-state index contributed by atoms with van der Waals surface area (Å²) in [6.07, 6.45) is 1.23. The Kier molecular flexibility index (Phi) is 4.30. The van der Waals surface area contributed by atoms with Gasteiger partial charge in [-0.1, -0.05) is 18.2 Å². The lowest BCUT2D eigenvalue weighted by Gasteiger charge is -2.23. The molecule has 0 saturated carbocycles. The third kappa shape index (κ3) is 3.28. The van der Waals surface area contributed by atoms with Gasteiger partial charge in [0.2, 0.25) is 0 Å². The van der Waals surface area contributed by atoms with E-state index in [2.05, 4.69) is 5.43 Å². The molecule has 0 aliphatic carbocycles. The molecule has 0 aromatic heterocycles. The Hall–Kier alpha value is -0.910. The maximum Gasteiger partial charge on any atom is 0.151 e. The molecule has 0 amide bonds. The topological polar surface area (TPSA) is 72.2 Å². The lowest BCUT2D eigenvalue weighted by Crippen LogP contribution is -2.38. The van der Waals surface area contributed by atoms with Gasteiger partial charge in [0.05, 0.1) is 11.3 Å². The van der Waals surface area contributed by atoms with Crippen molar-refractivity contribution in [2.24, 2.45) is 5.84 Å². The largest absolute Gasteiger partial charge is 0.271 e. The van der Waals surface area contributed by atoms with Crippen LogP contribution in [0.4, 0.5) is 0 Å². The van der Waals surface area contributed by atoms with Gasteiger partial charge in [-0.05, 0) is 37.5 Å². The molecule has 0 heterocycles. The minimum absolute atomic E-state index is 0.385. The van der Waals surface area contributed by atoms with Crippen molar-refractivity contribution in [3.63, 3.8) is 0 Å². The van der Waals surface area contributed by atoms with Gasteiger partial charge in [0.1, 0.15) is 0 Å². The molecule has 1 aromatic carbocycles. The number of nitrogens with two attached hydrogens (primary N) is 1. The summed E-state index contributed by atoms with van der Waals surface area (Å²) in [5, 5.41) is -0.561. The van der Waals surface area contributed by atoms with Crippen LogP contribution in [0.15, 0.2) is 18.2 Å². The van der Waals surface area contributed by atoms with E-state index in [-0.39, 0.29) is 6.04 Å². The van der Waals surface area contributed by atoms with Crippen molar-refractivity contribution in [3.05, 3.63) is 34.9 Å². The van der Waals surface area contributed by atoms with Gasteiger partial charge in [0.25, 0.3) is 0 Å². The predicted molar refractivity (Wildman–Crippen MR) is 70.3 cm³/mol. The number of hydrogen-bond acceptors (Lipinski definition) is 4. The molecule has 2 atom stereocenters. The van der Waals surface area contributed by atoms with Crippen molar-refractivity contribution in [2.45, 2.75) is 32.1 Å². The summed E-state index contributed by atoms with van der Waals surface area (Å²) in [5.41, 5.74) is 5.79. The van der Waals surface area contributed by atoms with E-state index in [1.165, 1.54) is 11.8 Å². The van der Waals surface area contributed by atoms with Crippen LogP contribution in [0.3, 0.4) is 0 Å². The minimum Gasteiger partial charge on any atom is -0.271 e. The fourth-order valence-corrected chi connectivity index (χ4v) is 2.44. The van der Waals surface area contributed by atoms with Crippen molar-refractivity contribution in [1.82, 2.24) is 5.43 Å². The summed E-state index contributed by atoms with van der Waals surface area (Å²) in [5.74, 6) is 5.48. The molecule has 2 unspecified atom stereocenters. The van der Waals surface area contributed by atoms with Crippen molar-refractivity contribution < 1.29 is 8.42 Å². The Morgan fingerprint density at radius 2 is 1.82 bits per heavy atom. The first-order chi connectivity index (χ1) is 7.77. The van der Waals surface area contributed by atoms with Gasteiger partial charge in [-0.2, -0.15) is 0 Å². The molecule has 3 N–H and O–H groups in total. The van der Waals surface area contributed by atoms with E-state index < -0.39 is 15.1 Å². The Balaban J connectivity index is 3.14. The van der Waals surface area contributed by atoms with Gasteiger partial charge in [0, 0.05) is 6.26 Å². The molecule has 0 saturated heterocycles. The molecule has 0 fully saturated rings. The van der Waals surface area contributed by atoms with E-state index in [9.17, 15) is 8.42 Å². The molecule has 17 heavy (non-hydrogen) atoms.